The van der Waals surface area contributed by atoms with E-state index in [-0.39, 0.29) is 0 Å². The van der Waals surface area contributed by atoms with Crippen LogP contribution in [0.4, 0.5) is 0 Å². The monoisotopic (exact) mass is 214 g/mol. The van der Waals surface area contributed by atoms with Crippen molar-refractivity contribution in [2.75, 3.05) is 6.54 Å². The minimum atomic E-state index is 0.786. The Balaban J connectivity index is 2.21. The summed E-state index contributed by atoms with van der Waals surface area (Å²) in [5.74, 6) is 0. The van der Waals surface area contributed by atoms with Crippen molar-refractivity contribution in [3.8, 4) is 0 Å². The van der Waals surface area contributed by atoms with Crippen molar-refractivity contribution in [2.24, 2.45) is 5.73 Å². The Hall–Kier alpha value is -1.41. The molecule has 0 spiro atoms. The van der Waals surface area contributed by atoms with E-state index < -0.39 is 0 Å². The highest BCUT2D eigenvalue weighted by Gasteiger charge is 1.98. The largest absolute Gasteiger partial charge is 0.330 e. The fraction of sp³-hybridized carbons (Fsp3) is 0.357. The van der Waals surface area contributed by atoms with Crippen molar-refractivity contribution in [1.29, 1.82) is 0 Å². The molecular formula is C14H18N2. The van der Waals surface area contributed by atoms with E-state index in [2.05, 4.69) is 36.2 Å². The van der Waals surface area contributed by atoms with E-state index in [4.69, 9.17) is 5.73 Å². The number of aromatic nitrogens is 1. The first-order valence-electron chi connectivity index (χ1n) is 5.85. The highest BCUT2D eigenvalue weighted by atomic mass is 14.6. The normalized spacial score (nSPS) is 10.9. The molecule has 2 nitrogen and oxygen atoms in total. The van der Waals surface area contributed by atoms with Gasteiger partial charge in [0.2, 0.25) is 0 Å². The molecule has 1 aromatic carbocycles. The second-order valence-electron chi connectivity index (χ2n) is 4.29. The fourth-order valence-electron chi connectivity index (χ4n) is 1.92. The van der Waals surface area contributed by atoms with Crippen LogP contribution >= 0.6 is 0 Å². The highest BCUT2D eigenvalue weighted by Crippen LogP contribution is 2.16. The van der Waals surface area contributed by atoms with Crippen LogP contribution in [0, 0.1) is 6.92 Å². The van der Waals surface area contributed by atoms with Crippen LogP contribution in [-0.2, 0) is 6.42 Å². The van der Waals surface area contributed by atoms with E-state index in [1.807, 2.05) is 6.20 Å². The third-order valence-electron chi connectivity index (χ3n) is 2.80. The van der Waals surface area contributed by atoms with Crippen LogP contribution in [0.25, 0.3) is 10.9 Å². The molecule has 1 heterocycles. The van der Waals surface area contributed by atoms with Gasteiger partial charge in [-0.1, -0.05) is 6.07 Å². The zero-order valence-corrected chi connectivity index (χ0v) is 9.74. The van der Waals surface area contributed by atoms with Crippen LogP contribution in [0.2, 0.25) is 0 Å². The van der Waals surface area contributed by atoms with Crippen molar-refractivity contribution in [3.63, 3.8) is 0 Å². The number of rotatable bonds is 4. The Bertz CT molecular complexity index is 477. The molecule has 0 saturated carbocycles. The quantitative estimate of drug-likeness (QED) is 0.795. The van der Waals surface area contributed by atoms with Gasteiger partial charge in [0.05, 0.1) is 5.52 Å². The third-order valence-corrected chi connectivity index (χ3v) is 2.80. The SMILES string of the molecule is Cc1cnc2ccc(CCCCN)cc2c1. The molecule has 2 rings (SSSR count). The Morgan fingerprint density at radius 2 is 2.06 bits per heavy atom. The maximum atomic E-state index is 5.49. The number of fused-ring (bicyclic) bond motifs is 1. The molecule has 0 bridgehead atoms. The van der Waals surface area contributed by atoms with Gasteiger partial charge in [0.15, 0.2) is 0 Å². The molecule has 0 aliphatic carbocycles. The lowest BCUT2D eigenvalue weighted by Gasteiger charge is -2.03. The van der Waals surface area contributed by atoms with E-state index in [1.54, 1.807) is 0 Å². The predicted octanol–water partition coefficient (Wildman–Crippen LogP) is 2.82. The zero-order chi connectivity index (χ0) is 11.4. The molecule has 0 aliphatic rings. The average Bonchev–Trinajstić information content (AvgIpc) is 2.29. The Morgan fingerprint density at radius 1 is 1.19 bits per heavy atom. The van der Waals surface area contributed by atoms with E-state index in [1.165, 1.54) is 22.9 Å². The summed E-state index contributed by atoms with van der Waals surface area (Å²) in [6, 6.07) is 8.70. The van der Waals surface area contributed by atoms with Gasteiger partial charge >= 0.3 is 0 Å². The molecule has 16 heavy (non-hydrogen) atoms. The molecule has 0 saturated heterocycles. The number of unbranched alkanes of at least 4 members (excludes halogenated alkanes) is 1. The molecular weight excluding hydrogens is 196 g/mol. The Morgan fingerprint density at radius 3 is 2.88 bits per heavy atom. The molecule has 84 valence electrons. The molecule has 0 radical (unpaired) electrons. The number of nitrogens with two attached hydrogens (primary N) is 1. The van der Waals surface area contributed by atoms with E-state index in [9.17, 15) is 0 Å². The summed E-state index contributed by atoms with van der Waals surface area (Å²) < 4.78 is 0. The topological polar surface area (TPSA) is 38.9 Å². The number of aryl methyl sites for hydroxylation is 2. The molecule has 0 unspecified atom stereocenters. The highest BCUT2D eigenvalue weighted by molar-refractivity contribution is 5.79. The number of nitrogens with zero attached hydrogens (tertiary/aromatic N) is 1. The fourth-order valence-corrected chi connectivity index (χ4v) is 1.92. The second-order valence-corrected chi connectivity index (χ2v) is 4.29. The number of hydrogen-bond acceptors (Lipinski definition) is 2. The molecule has 0 atom stereocenters. The summed E-state index contributed by atoms with van der Waals surface area (Å²) in [4.78, 5) is 4.40. The van der Waals surface area contributed by atoms with Crippen LogP contribution < -0.4 is 5.73 Å². The summed E-state index contributed by atoms with van der Waals surface area (Å²) in [5.41, 5.74) is 9.17. The first kappa shape index (κ1) is 11.1. The van der Waals surface area contributed by atoms with Gasteiger partial charge in [-0.3, -0.25) is 4.98 Å². The van der Waals surface area contributed by atoms with Crippen LogP contribution in [0.3, 0.4) is 0 Å². The van der Waals surface area contributed by atoms with Gasteiger partial charge in [0, 0.05) is 11.6 Å². The van der Waals surface area contributed by atoms with Gasteiger partial charge in [-0.25, -0.2) is 0 Å². The Kier molecular flexibility index (Phi) is 3.52. The molecule has 0 fully saturated rings. The summed E-state index contributed by atoms with van der Waals surface area (Å²) in [7, 11) is 0. The molecule has 0 amide bonds. The van der Waals surface area contributed by atoms with Gasteiger partial charge < -0.3 is 5.73 Å². The van der Waals surface area contributed by atoms with Crippen LogP contribution in [-0.4, -0.2) is 11.5 Å². The first-order chi connectivity index (χ1) is 7.79. The third kappa shape index (κ3) is 2.58. The molecule has 2 N–H and O–H groups in total. The first-order valence-corrected chi connectivity index (χ1v) is 5.85. The summed E-state index contributed by atoms with van der Waals surface area (Å²) in [6.07, 6.45) is 5.29. The molecule has 2 heteroatoms. The zero-order valence-electron chi connectivity index (χ0n) is 9.74. The van der Waals surface area contributed by atoms with Gasteiger partial charge in [0.1, 0.15) is 0 Å². The van der Waals surface area contributed by atoms with Crippen molar-refractivity contribution in [3.05, 3.63) is 41.6 Å². The average molecular weight is 214 g/mol. The van der Waals surface area contributed by atoms with Crippen LogP contribution in [0.1, 0.15) is 24.0 Å². The van der Waals surface area contributed by atoms with Gasteiger partial charge in [-0.2, -0.15) is 0 Å². The molecule has 0 aliphatic heterocycles. The van der Waals surface area contributed by atoms with E-state index in [0.717, 1.165) is 24.9 Å². The number of pyridine rings is 1. The summed E-state index contributed by atoms with van der Waals surface area (Å²) in [6.45, 7) is 2.86. The maximum Gasteiger partial charge on any atom is 0.0702 e. The van der Waals surface area contributed by atoms with Crippen LogP contribution in [0.5, 0.6) is 0 Å². The number of benzene rings is 1. The van der Waals surface area contributed by atoms with Gasteiger partial charge in [-0.05, 0) is 62.1 Å². The van der Waals surface area contributed by atoms with Crippen LogP contribution in [0.15, 0.2) is 30.5 Å². The Labute approximate surface area is 96.5 Å². The minimum Gasteiger partial charge on any atom is -0.330 e. The van der Waals surface area contributed by atoms with Crippen molar-refractivity contribution in [2.45, 2.75) is 26.2 Å². The summed E-state index contributed by atoms with van der Waals surface area (Å²) >= 11 is 0. The number of hydrogen-bond donors (Lipinski definition) is 1. The maximum absolute atomic E-state index is 5.49. The lowest BCUT2D eigenvalue weighted by Crippen LogP contribution is -1.99. The van der Waals surface area contributed by atoms with Crippen molar-refractivity contribution in [1.82, 2.24) is 4.98 Å². The smallest absolute Gasteiger partial charge is 0.0702 e. The standard InChI is InChI=1S/C14H18N2/c1-11-8-13-9-12(4-2-3-7-15)5-6-14(13)16-10-11/h5-6,8-10H,2-4,7,15H2,1H3. The lowest BCUT2D eigenvalue weighted by molar-refractivity contribution is 0.745. The second kappa shape index (κ2) is 5.08. The molecule has 1 aromatic heterocycles. The minimum absolute atomic E-state index is 0.786. The van der Waals surface area contributed by atoms with Crippen molar-refractivity contribution < 1.29 is 0 Å². The van der Waals surface area contributed by atoms with Gasteiger partial charge in [-0.15, -0.1) is 0 Å². The van der Waals surface area contributed by atoms with Gasteiger partial charge in [0.25, 0.3) is 0 Å². The predicted molar refractivity (Wildman–Crippen MR) is 68.5 cm³/mol. The summed E-state index contributed by atoms with van der Waals surface area (Å²) in [5, 5.41) is 1.24. The lowest BCUT2D eigenvalue weighted by atomic mass is 10.0. The molecule has 2 aromatic rings. The van der Waals surface area contributed by atoms with Crippen molar-refractivity contribution >= 4 is 10.9 Å². The van der Waals surface area contributed by atoms with E-state index >= 15 is 0 Å². The van der Waals surface area contributed by atoms with E-state index in [0.29, 0.717) is 0 Å².